The first-order chi connectivity index (χ1) is 11.4. The average molecular weight is 352 g/mol. The van der Waals surface area contributed by atoms with Gasteiger partial charge in [-0.2, -0.15) is 13.2 Å². The van der Waals surface area contributed by atoms with Crippen LogP contribution in [0.5, 0.6) is 0 Å². The van der Waals surface area contributed by atoms with Gasteiger partial charge < -0.3 is 15.4 Å². The van der Waals surface area contributed by atoms with Gasteiger partial charge >= 0.3 is 6.18 Å². The van der Waals surface area contributed by atoms with Crippen molar-refractivity contribution in [2.45, 2.75) is 38.8 Å². The lowest BCUT2D eigenvalue weighted by molar-refractivity contribution is -0.143. The van der Waals surface area contributed by atoms with Crippen molar-refractivity contribution in [1.82, 2.24) is 15.5 Å². The van der Waals surface area contributed by atoms with Gasteiger partial charge in [-0.1, -0.05) is 13.3 Å². The monoisotopic (exact) mass is 352 g/mol. The van der Waals surface area contributed by atoms with Crippen LogP contribution < -0.4 is 10.6 Å². The second-order valence-corrected chi connectivity index (χ2v) is 6.20. The third kappa shape index (κ3) is 9.97. The van der Waals surface area contributed by atoms with Gasteiger partial charge in [0, 0.05) is 39.9 Å². The van der Waals surface area contributed by atoms with E-state index in [9.17, 15) is 13.2 Å². The Morgan fingerprint density at radius 1 is 1.25 bits per heavy atom. The highest BCUT2D eigenvalue weighted by Gasteiger charge is 2.34. The van der Waals surface area contributed by atoms with Crippen LogP contribution in [-0.4, -0.2) is 70.0 Å². The molecule has 0 radical (unpaired) electrons. The number of aliphatic imine (C=N–C) groups is 1. The smallest absolute Gasteiger partial charge is 0.381 e. The van der Waals surface area contributed by atoms with Gasteiger partial charge in [0.1, 0.15) is 0 Å². The lowest BCUT2D eigenvalue weighted by atomic mass is 10.1. The van der Waals surface area contributed by atoms with Crippen LogP contribution in [0.1, 0.15) is 32.6 Å². The molecule has 1 saturated heterocycles. The van der Waals surface area contributed by atoms with Crippen LogP contribution in [0.15, 0.2) is 4.99 Å². The van der Waals surface area contributed by atoms with E-state index in [-0.39, 0.29) is 5.92 Å². The number of guanidine groups is 1. The second-order valence-electron chi connectivity index (χ2n) is 6.20. The normalized spacial score (nSPS) is 19.7. The summed E-state index contributed by atoms with van der Waals surface area (Å²) in [4.78, 5) is 5.60. The van der Waals surface area contributed by atoms with E-state index in [0.717, 1.165) is 45.4 Å². The Hall–Kier alpha value is -1.02. The number of rotatable bonds is 10. The SMILES string of the molecule is CCCCOCCCNC(=NC)NCC1CCN(CC(F)(F)F)C1. The van der Waals surface area contributed by atoms with E-state index in [4.69, 9.17) is 4.74 Å². The number of hydrogen-bond acceptors (Lipinski definition) is 3. The molecular formula is C16H31F3N4O. The Balaban J connectivity index is 2.10. The molecule has 24 heavy (non-hydrogen) atoms. The first kappa shape index (κ1) is 21.0. The maximum Gasteiger partial charge on any atom is 0.401 e. The molecule has 1 aliphatic rings. The minimum absolute atomic E-state index is 0.225. The zero-order valence-electron chi connectivity index (χ0n) is 14.8. The minimum atomic E-state index is -4.11. The molecular weight excluding hydrogens is 321 g/mol. The maximum atomic E-state index is 12.4. The number of ether oxygens (including phenoxy) is 1. The highest BCUT2D eigenvalue weighted by atomic mass is 19.4. The third-order valence-electron chi connectivity index (χ3n) is 3.95. The molecule has 142 valence electrons. The molecule has 1 atom stereocenters. The van der Waals surface area contributed by atoms with Crippen LogP contribution >= 0.6 is 0 Å². The van der Waals surface area contributed by atoms with Crippen LogP contribution in [0.2, 0.25) is 0 Å². The van der Waals surface area contributed by atoms with Crippen molar-refractivity contribution >= 4 is 5.96 Å². The van der Waals surface area contributed by atoms with Crippen LogP contribution in [0.3, 0.4) is 0 Å². The Morgan fingerprint density at radius 3 is 2.67 bits per heavy atom. The van der Waals surface area contributed by atoms with Gasteiger partial charge in [0.2, 0.25) is 0 Å². The molecule has 1 fully saturated rings. The van der Waals surface area contributed by atoms with Gasteiger partial charge in [0.05, 0.1) is 6.54 Å². The van der Waals surface area contributed by atoms with Crippen LogP contribution in [-0.2, 0) is 4.74 Å². The Kier molecular flexibility index (Phi) is 10.1. The van der Waals surface area contributed by atoms with Crippen molar-refractivity contribution in [2.24, 2.45) is 10.9 Å². The largest absolute Gasteiger partial charge is 0.401 e. The van der Waals surface area contributed by atoms with E-state index >= 15 is 0 Å². The standard InChI is InChI=1S/C16H31F3N4O/c1-3-4-9-24-10-5-7-21-15(20-2)22-11-14-6-8-23(12-14)13-16(17,18)19/h14H,3-13H2,1-2H3,(H2,20,21,22). The predicted octanol–water partition coefficient (Wildman–Crippen LogP) is 2.24. The topological polar surface area (TPSA) is 48.9 Å². The number of likely N-dealkylation sites (tertiary alicyclic amines) is 1. The summed E-state index contributed by atoms with van der Waals surface area (Å²) in [5, 5.41) is 6.40. The van der Waals surface area contributed by atoms with E-state index in [0.29, 0.717) is 25.6 Å². The van der Waals surface area contributed by atoms with Gasteiger partial charge in [0.15, 0.2) is 5.96 Å². The van der Waals surface area contributed by atoms with Gasteiger partial charge in [-0.15, -0.1) is 0 Å². The number of alkyl halides is 3. The fourth-order valence-electron chi connectivity index (χ4n) is 2.67. The highest BCUT2D eigenvalue weighted by molar-refractivity contribution is 5.79. The molecule has 8 heteroatoms. The summed E-state index contributed by atoms with van der Waals surface area (Å²) in [6, 6.07) is 0. The molecule has 0 saturated carbocycles. The van der Waals surface area contributed by atoms with E-state index in [1.165, 1.54) is 4.90 Å². The summed E-state index contributed by atoms with van der Waals surface area (Å²) in [5.41, 5.74) is 0. The van der Waals surface area contributed by atoms with E-state index in [1.54, 1.807) is 7.05 Å². The second kappa shape index (κ2) is 11.5. The number of nitrogens with one attached hydrogen (secondary N) is 2. The summed E-state index contributed by atoms with van der Waals surface area (Å²) in [7, 11) is 1.69. The van der Waals surface area contributed by atoms with Crippen LogP contribution in [0, 0.1) is 5.92 Å². The maximum absolute atomic E-state index is 12.4. The molecule has 0 aliphatic carbocycles. The molecule has 0 spiro atoms. The van der Waals surface area contributed by atoms with Gasteiger partial charge in [-0.05, 0) is 31.7 Å². The van der Waals surface area contributed by atoms with Crippen molar-refractivity contribution < 1.29 is 17.9 Å². The number of hydrogen-bond donors (Lipinski definition) is 2. The van der Waals surface area contributed by atoms with Crippen molar-refractivity contribution in [3.05, 3.63) is 0 Å². The summed E-state index contributed by atoms with van der Waals surface area (Å²) in [6.45, 7) is 5.24. The predicted molar refractivity (Wildman–Crippen MR) is 90.3 cm³/mol. The third-order valence-corrected chi connectivity index (χ3v) is 3.95. The lowest BCUT2D eigenvalue weighted by Crippen LogP contribution is -2.41. The van der Waals surface area contributed by atoms with Crippen molar-refractivity contribution in [2.75, 3.05) is 53.0 Å². The molecule has 1 aliphatic heterocycles. The zero-order chi connectivity index (χ0) is 17.8. The fourth-order valence-corrected chi connectivity index (χ4v) is 2.67. The van der Waals surface area contributed by atoms with Crippen LogP contribution in [0.25, 0.3) is 0 Å². The van der Waals surface area contributed by atoms with Gasteiger partial charge in [0.25, 0.3) is 0 Å². The summed E-state index contributed by atoms with van der Waals surface area (Å²) < 4.78 is 42.6. The fraction of sp³-hybridized carbons (Fsp3) is 0.938. The number of halogens is 3. The highest BCUT2D eigenvalue weighted by Crippen LogP contribution is 2.22. The van der Waals surface area contributed by atoms with E-state index in [1.807, 2.05) is 0 Å². The first-order valence-electron chi connectivity index (χ1n) is 8.76. The molecule has 0 amide bonds. The summed E-state index contributed by atoms with van der Waals surface area (Å²) >= 11 is 0. The van der Waals surface area contributed by atoms with Crippen molar-refractivity contribution in [3.63, 3.8) is 0 Å². The minimum Gasteiger partial charge on any atom is -0.381 e. The molecule has 0 aromatic rings. The van der Waals surface area contributed by atoms with E-state index in [2.05, 4.69) is 22.5 Å². The summed E-state index contributed by atoms with van der Waals surface area (Å²) in [6.07, 6.45) is -0.211. The molecule has 1 rings (SSSR count). The number of nitrogens with zero attached hydrogens (tertiary/aromatic N) is 2. The number of unbranched alkanes of at least 4 members (excludes halogenated alkanes) is 1. The van der Waals surface area contributed by atoms with E-state index < -0.39 is 12.7 Å². The van der Waals surface area contributed by atoms with Gasteiger partial charge in [-0.3, -0.25) is 9.89 Å². The lowest BCUT2D eigenvalue weighted by Gasteiger charge is -2.18. The molecule has 0 aromatic carbocycles. The van der Waals surface area contributed by atoms with Crippen LogP contribution in [0.4, 0.5) is 13.2 Å². The Bertz CT molecular complexity index is 364. The molecule has 1 unspecified atom stereocenters. The quantitative estimate of drug-likeness (QED) is 0.360. The molecule has 5 nitrogen and oxygen atoms in total. The molecule has 0 bridgehead atoms. The van der Waals surface area contributed by atoms with Crippen molar-refractivity contribution in [3.8, 4) is 0 Å². The molecule has 2 N–H and O–H groups in total. The Labute approximate surface area is 143 Å². The van der Waals surface area contributed by atoms with Crippen molar-refractivity contribution in [1.29, 1.82) is 0 Å². The van der Waals surface area contributed by atoms with Gasteiger partial charge in [-0.25, -0.2) is 0 Å². The molecule has 0 aromatic heterocycles. The average Bonchev–Trinajstić information content (AvgIpc) is 2.94. The molecule has 1 heterocycles. The Morgan fingerprint density at radius 2 is 2.00 bits per heavy atom. The first-order valence-corrected chi connectivity index (χ1v) is 8.76. The zero-order valence-corrected chi connectivity index (χ0v) is 14.8. The summed E-state index contributed by atoms with van der Waals surface area (Å²) in [5.74, 6) is 0.918.